The summed E-state index contributed by atoms with van der Waals surface area (Å²) in [5, 5.41) is 2.97. The summed E-state index contributed by atoms with van der Waals surface area (Å²) >= 11 is 0. The lowest BCUT2D eigenvalue weighted by atomic mass is 9.93. The second-order valence-electron chi connectivity index (χ2n) is 6.91. The van der Waals surface area contributed by atoms with Crippen LogP contribution in [0.1, 0.15) is 64.1 Å². The van der Waals surface area contributed by atoms with Gasteiger partial charge in [0.25, 0.3) is 0 Å². The van der Waals surface area contributed by atoms with Gasteiger partial charge in [0.1, 0.15) is 5.52 Å². The minimum Gasteiger partial charge on any atom is -0.378 e. The quantitative estimate of drug-likeness (QED) is 0.860. The van der Waals surface area contributed by atoms with Crippen molar-refractivity contribution in [1.29, 1.82) is 0 Å². The van der Waals surface area contributed by atoms with Crippen LogP contribution in [0.4, 0.5) is 5.95 Å². The van der Waals surface area contributed by atoms with Crippen LogP contribution < -0.4 is 5.32 Å². The van der Waals surface area contributed by atoms with Crippen molar-refractivity contribution in [3.63, 3.8) is 0 Å². The number of ether oxygens (including phenoxy) is 1. The molecule has 2 aliphatic rings. The lowest BCUT2D eigenvalue weighted by molar-refractivity contribution is -0.118. The van der Waals surface area contributed by atoms with Crippen LogP contribution in [0.15, 0.2) is 12.1 Å². The third-order valence-electron chi connectivity index (χ3n) is 5.10. The molecule has 0 spiro atoms. The van der Waals surface area contributed by atoms with Gasteiger partial charge in [-0.25, -0.2) is 9.97 Å². The molecule has 2 heterocycles. The third-order valence-corrected chi connectivity index (χ3v) is 5.10. The van der Waals surface area contributed by atoms with Crippen molar-refractivity contribution in [2.75, 3.05) is 11.9 Å². The van der Waals surface area contributed by atoms with E-state index in [1.807, 2.05) is 19.1 Å². The minimum atomic E-state index is -0.0399. The molecule has 0 saturated heterocycles. The van der Waals surface area contributed by atoms with Gasteiger partial charge in [0.15, 0.2) is 5.65 Å². The average Bonchev–Trinajstić information content (AvgIpc) is 2.78. The standard InChI is InChI=1S/C18H24N4O2.CH4/c1-12-8-9-15-17(19-12)22(13-4-2-5-13)18(20-15)21-16(23)10-11-24-14-6-3-7-14;/h8-9,13-14H,2-7,10-11H2,1H3,(H,20,21,23);1H4. The number of nitrogens with zero attached hydrogens (tertiary/aromatic N) is 3. The second kappa shape index (κ2) is 7.52. The maximum absolute atomic E-state index is 12.3. The Kier molecular flexibility index (Phi) is 5.37. The maximum atomic E-state index is 12.3. The van der Waals surface area contributed by atoms with Crippen LogP contribution in [-0.2, 0) is 9.53 Å². The van der Waals surface area contributed by atoms with Crippen LogP contribution in [-0.4, -0.2) is 33.2 Å². The van der Waals surface area contributed by atoms with Crippen LogP contribution in [0.25, 0.3) is 11.2 Å². The summed E-state index contributed by atoms with van der Waals surface area (Å²) < 4.78 is 7.78. The fourth-order valence-electron chi connectivity index (χ4n) is 3.19. The zero-order valence-corrected chi connectivity index (χ0v) is 14.1. The Labute approximate surface area is 149 Å². The van der Waals surface area contributed by atoms with E-state index in [0.717, 1.165) is 42.5 Å². The van der Waals surface area contributed by atoms with Crippen LogP contribution in [0.3, 0.4) is 0 Å². The summed E-state index contributed by atoms with van der Waals surface area (Å²) in [6.07, 6.45) is 7.70. The Morgan fingerprint density at radius 1 is 1.24 bits per heavy atom. The number of nitrogens with one attached hydrogen (secondary N) is 1. The fourth-order valence-corrected chi connectivity index (χ4v) is 3.19. The number of fused-ring (bicyclic) bond motifs is 1. The Hall–Kier alpha value is -1.95. The topological polar surface area (TPSA) is 69.0 Å². The smallest absolute Gasteiger partial charge is 0.229 e. The largest absolute Gasteiger partial charge is 0.378 e. The molecule has 25 heavy (non-hydrogen) atoms. The highest BCUT2D eigenvalue weighted by atomic mass is 16.5. The number of aromatic nitrogens is 3. The molecule has 0 bridgehead atoms. The first-order valence-corrected chi connectivity index (χ1v) is 8.98. The van der Waals surface area contributed by atoms with Gasteiger partial charge in [0, 0.05) is 11.7 Å². The number of hydrogen-bond acceptors (Lipinski definition) is 4. The van der Waals surface area contributed by atoms with E-state index in [2.05, 4.69) is 19.9 Å². The van der Waals surface area contributed by atoms with E-state index >= 15 is 0 Å². The van der Waals surface area contributed by atoms with Gasteiger partial charge in [0.05, 0.1) is 19.1 Å². The molecule has 2 saturated carbocycles. The lowest BCUT2D eigenvalue weighted by Crippen LogP contribution is -2.25. The van der Waals surface area contributed by atoms with E-state index in [9.17, 15) is 4.79 Å². The van der Waals surface area contributed by atoms with Crippen LogP contribution in [0, 0.1) is 6.92 Å². The molecule has 0 unspecified atom stereocenters. The second-order valence-corrected chi connectivity index (χ2v) is 6.91. The van der Waals surface area contributed by atoms with Crippen molar-refractivity contribution < 1.29 is 9.53 Å². The number of aryl methyl sites for hydroxylation is 1. The Balaban J connectivity index is 0.00000182. The Morgan fingerprint density at radius 3 is 2.64 bits per heavy atom. The van der Waals surface area contributed by atoms with Crippen LogP contribution >= 0.6 is 0 Å². The number of carbonyl (C=O) groups is 1. The van der Waals surface area contributed by atoms with Gasteiger partial charge < -0.3 is 4.74 Å². The Morgan fingerprint density at radius 2 is 2.00 bits per heavy atom. The average molecular weight is 344 g/mol. The van der Waals surface area contributed by atoms with Gasteiger partial charge in [0.2, 0.25) is 11.9 Å². The SMILES string of the molecule is C.Cc1ccc2nc(NC(=O)CCOC3CCC3)n(C3CCC3)c2n1. The van der Waals surface area contributed by atoms with Crippen LogP contribution in [0.2, 0.25) is 0 Å². The Bertz CT molecular complexity index is 747. The van der Waals surface area contributed by atoms with Gasteiger partial charge >= 0.3 is 0 Å². The molecule has 2 aromatic rings. The van der Waals surface area contributed by atoms with Gasteiger partial charge in [-0.15, -0.1) is 0 Å². The predicted molar refractivity (Wildman–Crippen MR) is 98.7 cm³/mol. The summed E-state index contributed by atoms with van der Waals surface area (Å²) in [6, 6.07) is 4.33. The summed E-state index contributed by atoms with van der Waals surface area (Å²) in [7, 11) is 0. The molecule has 2 aliphatic carbocycles. The molecule has 2 aromatic heterocycles. The normalized spacial score (nSPS) is 17.6. The van der Waals surface area contributed by atoms with Crippen LogP contribution in [0.5, 0.6) is 0 Å². The molecular weight excluding hydrogens is 316 g/mol. The summed E-state index contributed by atoms with van der Waals surface area (Å²) in [5.74, 6) is 0.586. The first-order chi connectivity index (χ1) is 11.7. The summed E-state index contributed by atoms with van der Waals surface area (Å²) in [5.41, 5.74) is 2.68. The molecule has 6 heteroatoms. The van der Waals surface area contributed by atoms with E-state index in [-0.39, 0.29) is 13.3 Å². The molecule has 0 aromatic carbocycles. The molecule has 0 radical (unpaired) electrons. The fraction of sp³-hybridized carbons (Fsp3) is 0.632. The van der Waals surface area contributed by atoms with E-state index in [0.29, 0.717) is 31.1 Å². The van der Waals surface area contributed by atoms with Crippen molar-refractivity contribution in [3.8, 4) is 0 Å². The molecule has 2 fully saturated rings. The van der Waals surface area contributed by atoms with Crippen molar-refractivity contribution in [3.05, 3.63) is 17.8 Å². The number of amides is 1. The first-order valence-electron chi connectivity index (χ1n) is 8.98. The highest BCUT2D eigenvalue weighted by Crippen LogP contribution is 2.36. The predicted octanol–water partition coefficient (Wildman–Crippen LogP) is 4.00. The molecule has 136 valence electrons. The molecule has 0 aliphatic heterocycles. The molecule has 6 nitrogen and oxygen atoms in total. The number of imidazole rings is 1. The molecular formula is C19H28N4O2. The van der Waals surface area contributed by atoms with E-state index < -0.39 is 0 Å². The van der Waals surface area contributed by atoms with E-state index in [1.165, 1.54) is 12.8 Å². The van der Waals surface area contributed by atoms with Gasteiger partial charge in [-0.1, -0.05) is 7.43 Å². The highest BCUT2D eigenvalue weighted by molar-refractivity contribution is 5.91. The summed E-state index contributed by atoms with van der Waals surface area (Å²) in [4.78, 5) is 21.5. The number of pyridine rings is 1. The highest BCUT2D eigenvalue weighted by Gasteiger charge is 2.26. The monoisotopic (exact) mass is 344 g/mol. The molecule has 4 rings (SSSR count). The van der Waals surface area contributed by atoms with Gasteiger partial charge in [-0.2, -0.15) is 0 Å². The minimum absolute atomic E-state index is 0. The molecule has 1 amide bonds. The number of anilines is 1. The van der Waals surface area contributed by atoms with E-state index in [1.54, 1.807) is 0 Å². The zero-order valence-electron chi connectivity index (χ0n) is 14.1. The molecule has 0 atom stereocenters. The lowest BCUT2D eigenvalue weighted by Gasteiger charge is -2.28. The van der Waals surface area contributed by atoms with Crippen molar-refractivity contribution in [1.82, 2.24) is 14.5 Å². The first kappa shape index (κ1) is 17.9. The maximum Gasteiger partial charge on any atom is 0.229 e. The van der Waals surface area contributed by atoms with Gasteiger partial charge in [-0.05, 0) is 57.6 Å². The number of hydrogen-bond donors (Lipinski definition) is 1. The van der Waals surface area contributed by atoms with Crippen molar-refractivity contribution in [2.45, 2.75) is 71.4 Å². The van der Waals surface area contributed by atoms with Crippen molar-refractivity contribution >= 4 is 23.0 Å². The van der Waals surface area contributed by atoms with Gasteiger partial charge in [-0.3, -0.25) is 14.7 Å². The van der Waals surface area contributed by atoms with E-state index in [4.69, 9.17) is 4.74 Å². The summed E-state index contributed by atoms with van der Waals surface area (Å²) in [6.45, 7) is 2.46. The molecule has 1 N–H and O–H groups in total. The third kappa shape index (κ3) is 3.68. The number of carbonyl (C=O) groups excluding carboxylic acids is 1. The zero-order chi connectivity index (χ0) is 16.5. The van der Waals surface area contributed by atoms with Crippen molar-refractivity contribution in [2.24, 2.45) is 0 Å². The number of rotatable bonds is 6.